The predicted octanol–water partition coefficient (Wildman–Crippen LogP) is 2.54. The molecule has 2 aromatic carbocycles. The Kier molecular flexibility index (Phi) is 4.70. The van der Waals surface area contributed by atoms with Crippen LogP contribution in [0.3, 0.4) is 0 Å². The molecule has 6 heteroatoms. The van der Waals surface area contributed by atoms with E-state index < -0.39 is 6.10 Å². The number of benzene rings is 2. The van der Waals surface area contributed by atoms with E-state index in [0.29, 0.717) is 35.5 Å². The summed E-state index contributed by atoms with van der Waals surface area (Å²) in [4.78, 5) is 25.8. The quantitative estimate of drug-likeness (QED) is 0.929. The van der Waals surface area contributed by atoms with Gasteiger partial charge in [0.15, 0.2) is 6.10 Å². The Bertz CT molecular complexity index is 822. The van der Waals surface area contributed by atoms with Crippen LogP contribution >= 0.6 is 0 Å². The first-order chi connectivity index (χ1) is 12.0. The molecule has 0 spiro atoms. The summed E-state index contributed by atoms with van der Waals surface area (Å²) in [5.41, 5.74) is 1.54. The van der Waals surface area contributed by atoms with Crippen LogP contribution in [0, 0.1) is 5.82 Å². The van der Waals surface area contributed by atoms with Crippen LogP contribution < -0.4 is 15.0 Å². The molecule has 2 aromatic rings. The number of anilines is 1. The zero-order valence-electron chi connectivity index (χ0n) is 14.1. The summed E-state index contributed by atoms with van der Waals surface area (Å²) in [5, 5.41) is 2.77. The molecule has 2 amide bonds. The lowest BCUT2D eigenvalue weighted by atomic mass is 10.1. The summed E-state index contributed by atoms with van der Waals surface area (Å²) in [5.74, 6) is -0.155. The Labute approximate surface area is 145 Å². The van der Waals surface area contributed by atoms with Crippen molar-refractivity contribution in [1.82, 2.24) is 5.32 Å². The Hall–Kier alpha value is -2.89. The van der Waals surface area contributed by atoms with E-state index in [9.17, 15) is 14.0 Å². The lowest BCUT2D eigenvalue weighted by Gasteiger charge is -2.30. The number of hydrogen-bond donors (Lipinski definition) is 1. The number of fused-ring (bicyclic) bond motifs is 1. The Morgan fingerprint density at radius 2 is 2.04 bits per heavy atom. The van der Waals surface area contributed by atoms with Crippen molar-refractivity contribution in [1.29, 1.82) is 0 Å². The van der Waals surface area contributed by atoms with Gasteiger partial charge >= 0.3 is 0 Å². The van der Waals surface area contributed by atoms with E-state index in [4.69, 9.17) is 4.74 Å². The third-order valence-electron chi connectivity index (χ3n) is 4.20. The number of carbonyl (C=O) groups is 2. The van der Waals surface area contributed by atoms with Gasteiger partial charge in [0.05, 0.1) is 5.69 Å². The molecule has 25 heavy (non-hydrogen) atoms. The molecule has 1 aliphatic heterocycles. The number of rotatable bonds is 4. The number of likely N-dealkylation sites (N-methyl/N-ethyl adjacent to an activating group) is 1. The second-order valence-electron chi connectivity index (χ2n) is 5.94. The second kappa shape index (κ2) is 6.93. The molecule has 0 radical (unpaired) electrons. The molecule has 5 nitrogen and oxygen atoms in total. The smallest absolute Gasteiger partial charge is 0.267 e. The van der Waals surface area contributed by atoms with Crippen LogP contribution in [0.2, 0.25) is 0 Å². The van der Waals surface area contributed by atoms with Crippen LogP contribution in [0.5, 0.6) is 5.75 Å². The van der Waals surface area contributed by atoms with Crippen molar-refractivity contribution < 1.29 is 18.7 Å². The monoisotopic (exact) mass is 342 g/mol. The molecule has 0 saturated carbocycles. The third kappa shape index (κ3) is 3.47. The lowest BCUT2D eigenvalue weighted by molar-refractivity contribution is -0.125. The van der Waals surface area contributed by atoms with Gasteiger partial charge in [-0.15, -0.1) is 0 Å². The van der Waals surface area contributed by atoms with Crippen molar-refractivity contribution in [3.05, 3.63) is 59.4 Å². The molecule has 3 rings (SSSR count). The molecule has 0 bridgehead atoms. The predicted molar refractivity (Wildman–Crippen MR) is 92.4 cm³/mol. The first-order valence-electron chi connectivity index (χ1n) is 8.07. The Balaban J connectivity index is 1.67. The Morgan fingerprint density at radius 1 is 1.28 bits per heavy atom. The van der Waals surface area contributed by atoms with Gasteiger partial charge in [0.1, 0.15) is 11.6 Å². The highest BCUT2D eigenvalue weighted by molar-refractivity contribution is 6.02. The van der Waals surface area contributed by atoms with Crippen LogP contribution in [0.25, 0.3) is 0 Å². The van der Waals surface area contributed by atoms with E-state index >= 15 is 0 Å². The highest BCUT2D eigenvalue weighted by atomic mass is 19.1. The van der Waals surface area contributed by atoms with Crippen LogP contribution in [0.15, 0.2) is 42.5 Å². The number of halogens is 1. The van der Waals surface area contributed by atoms with E-state index in [0.717, 1.165) is 0 Å². The minimum atomic E-state index is -0.544. The first kappa shape index (κ1) is 17.0. The van der Waals surface area contributed by atoms with Crippen molar-refractivity contribution >= 4 is 17.5 Å². The average Bonchev–Trinajstić information content (AvgIpc) is 2.61. The number of nitrogens with zero attached hydrogens (tertiary/aromatic N) is 1. The van der Waals surface area contributed by atoms with Crippen molar-refractivity contribution in [2.75, 3.05) is 18.5 Å². The van der Waals surface area contributed by atoms with Crippen molar-refractivity contribution in [3.8, 4) is 5.75 Å². The fourth-order valence-electron chi connectivity index (χ4n) is 2.77. The summed E-state index contributed by atoms with van der Waals surface area (Å²) < 4.78 is 19.1. The molecule has 1 atom stereocenters. The van der Waals surface area contributed by atoms with Crippen molar-refractivity contribution in [2.24, 2.45) is 0 Å². The Morgan fingerprint density at radius 3 is 2.80 bits per heavy atom. The van der Waals surface area contributed by atoms with E-state index in [1.807, 2.05) is 0 Å². The maximum absolute atomic E-state index is 13.6. The van der Waals surface area contributed by atoms with Crippen LogP contribution in [-0.2, 0) is 11.2 Å². The van der Waals surface area contributed by atoms with Gasteiger partial charge in [-0.2, -0.15) is 0 Å². The van der Waals surface area contributed by atoms with Crippen LogP contribution in [0.1, 0.15) is 22.8 Å². The summed E-state index contributed by atoms with van der Waals surface area (Å²) >= 11 is 0. The molecule has 1 heterocycles. The standard InChI is InChI=1S/C19H19FN2O3/c1-12-19(24)22(2)16-11-14(7-8-17(16)25-12)18(23)21-10-9-13-5-3-4-6-15(13)20/h3-8,11-12H,9-10H2,1-2H3,(H,21,23). The van der Waals surface area contributed by atoms with E-state index in [1.165, 1.54) is 11.0 Å². The van der Waals surface area contributed by atoms with Gasteiger partial charge in [-0.25, -0.2) is 4.39 Å². The molecule has 0 aliphatic carbocycles. The molecular weight excluding hydrogens is 323 g/mol. The number of ether oxygens (including phenoxy) is 1. The number of hydrogen-bond acceptors (Lipinski definition) is 3. The number of carbonyl (C=O) groups excluding carboxylic acids is 2. The van der Waals surface area contributed by atoms with E-state index in [2.05, 4.69) is 5.32 Å². The largest absolute Gasteiger partial charge is 0.479 e. The number of amides is 2. The van der Waals surface area contributed by atoms with Gasteiger partial charge in [0.2, 0.25) is 0 Å². The maximum atomic E-state index is 13.6. The topological polar surface area (TPSA) is 58.6 Å². The van der Waals surface area contributed by atoms with Gasteiger partial charge < -0.3 is 15.0 Å². The summed E-state index contributed by atoms with van der Waals surface area (Å²) in [6, 6.07) is 11.4. The minimum absolute atomic E-state index is 0.162. The molecule has 130 valence electrons. The highest BCUT2D eigenvalue weighted by Gasteiger charge is 2.29. The molecular formula is C19H19FN2O3. The lowest BCUT2D eigenvalue weighted by Crippen LogP contribution is -2.42. The molecule has 1 N–H and O–H groups in total. The number of nitrogens with one attached hydrogen (secondary N) is 1. The molecule has 0 fully saturated rings. The molecule has 0 saturated heterocycles. The molecule has 0 aromatic heterocycles. The maximum Gasteiger partial charge on any atom is 0.267 e. The third-order valence-corrected chi connectivity index (χ3v) is 4.20. The fourth-order valence-corrected chi connectivity index (χ4v) is 2.77. The zero-order valence-corrected chi connectivity index (χ0v) is 14.1. The normalized spacial score (nSPS) is 16.2. The van der Waals surface area contributed by atoms with Crippen molar-refractivity contribution in [2.45, 2.75) is 19.4 Å². The average molecular weight is 342 g/mol. The van der Waals surface area contributed by atoms with Gasteiger partial charge in [0, 0.05) is 19.2 Å². The van der Waals surface area contributed by atoms with Gasteiger partial charge in [0.25, 0.3) is 11.8 Å². The minimum Gasteiger partial charge on any atom is -0.479 e. The van der Waals surface area contributed by atoms with Gasteiger partial charge in [-0.05, 0) is 43.2 Å². The summed E-state index contributed by atoms with van der Waals surface area (Å²) in [6.07, 6.45) is -0.138. The molecule has 1 unspecified atom stereocenters. The second-order valence-corrected chi connectivity index (χ2v) is 5.94. The zero-order chi connectivity index (χ0) is 18.0. The van der Waals surface area contributed by atoms with Crippen molar-refractivity contribution in [3.63, 3.8) is 0 Å². The fraction of sp³-hybridized carbons (Fsp3) is 0.263. The first-order valence-corrected chi connectivity index (χ1v) is 8.07. The summed E-state index contributed by atoms with van der Waals surface area (Å²) in [7, 11) is 1.65. The highest BCUT2D eigenvalue weighted by Crippen LogP contribution is 2.33. The molecule has 1 aliphatic rings. The van der Waals surface area contributed by atoms with Crippen LogP contribution in [-0.4, -0.2) is 31.5 Å². The SMILES string of the molecule is CC1Oc2ccc(C(=O)NCCc3ccccc3F)cc2N(C)C1=O. The van der Waals surface area contributed by atoms with Gasteiger partial charge in [-0.1, -0.05) is 18.2 Å². The summed E-state index contributed by atoms with van der Waals surface area (Å²) in [6.45, 7) is 2.00. The van der Waals surface area contributed by atoms with Crippen LogP contribution in [0.4, 0.5) is 10.1 Å². The van der Waals surface area contributed by atoms with E-state index in [1.54, 1.807) is 50.4 Å². The van der Waals surface area contributed by atoms with E-state index in [-0.39, 0.29) is 17.6 Å². The van der Waals surface area contributed by atoms with Gasteiger partial charge in [-0.3, -0.25) is 9.59 Å².